The lowest BCUT2D eigenvalue weighted by atomic mass is 10.3. The van der Waals surface area contributed by atoms with E-state index in [-0.39, 0.29) is 5.97 Å². The Hall–Kier alpha value is 0.0806. The average Bonchev–Trinajstić information content (AvgIpc) is 1.90. The van der Waals surface area contributed by atoms with Gasteiger partial charge in [0.2, 0.25) is 8.32 Å². The lowest BCUT2D eigenvalue weighted by molar-refractivity contribution is -0.135. The predicted molar refractivity (Wildman–Crippen MR) is 92.0 cm³/mol. The Morgan fingerprint density at radius 1 is 0.947 bits per heavy atom. The number of nitrogens with zero attached hydrogens (tertiary/aromatic N) is 1. The maximum atomic E-state index is 12.0. The molecular formula is C13H33NO2Si3. The molecule has 114 valence electrons. The molecule has 0 rings (SSSR count). The van der Waals surface area contributed by atoms with E-state index < -0.39 is 24.8 Å². The van der Waals surface area contributed by atoms with Crippen molar-refractivity contribution in [1.29, 1.82) is 0 Å². The van der Waals surface area contributed by atoms with E-state index in [0.29, 0.717) is 12.5 Å². The van der Waals surface area contributed by atoms with Crippen molar-refractivity contribution in [3.05, 3.63) is 0 Å². The van der Waals surface area contributed by atoms with Gasteiger partial charge in [0.25, 0.3) is 5.97 Å². The summed E-state index contributed by atoms with van der Waals surface area (Å²) in [6.07, 6.45) is 0.527. The van der Waals surface area contributed by atoms with Gasteiger partial charge in [0.1, 0.15) is 16.5 Å². The van der Waals surface area contributed by atoms with Crippen molar-refractivity contribution in [2.24, 2.45) is 0 Å². The van der Waals surface area contributed by atoms with Gasteiger partial charge in [-0.25, -0.2) is 0 Å². The molecule has 6 heteroatoms. The summed E-state index contributed by atoms with van der Waals surface area (Å²) in [7, 11) is -4.58. The zero-order valence-electron chi connectivity index (χ0n) is 14.5. The van der Waals surface area contributed by atoms with Gasteiger partial charge in [0, 0.05) is 6.04 Å². The fourth-order valence-corrected chi connectivity index (χ4v) is 14.7. The minimum Gasteiger partial charge on any atom is -0.520 e. The van der Waals surface area contributed by atoms with E-state index in [1.165, 1.54) is 0 Å². The van der Waals surface area contributed by atoms with Crippen LogP contribution in [0.5, 0.6) is 0 Å². The molecule has 0 saturated heterocycles. The minimum absolute atomic E-state index is 0.0202. The smallest absolute Gasteiger partial charge is 0.293 e. The topological polar surface area (TPSA) is 29.5 Å². The van der Waals surface area contributed by atoms with E-state index in [2.05, 4.69) is 70.1 Å². The third-order valence-electron chi connectivity index (χ3n) is 2.77. The fourth-order valence-electron chi connectivity index (χ4n) is 3.04. The number of carbonyl (C=O) groups excluding carboxylic acids is 1. The van der Waals surface area contributed by atoms with Gasteiger partial charge >= 0.3 is 0 Å². The maximum absolute atomic E-state index is 12.0. The van der Waals surface area contributed by atoms with Gasteiger partial charge in [-0.2, -0.15) is 0 Å². The minimum atomic E-state index is -1.76. The highest BCUT2D eigenvalue weighted by atomic mass is 28.4. The highest BCUT2D eigenvalue weighted by Gasteiger charge is 2.38. The van der Waals surface area contributed by atoms with Crippen LogP contribution in [0.4, 0.5) is 0 Å². The zero-order chi connectivity index (χ0) is 15.6. The summed E-state index contributed by atoms with van der Waals surface area (Å²) >= 11 is 0. The van der Waals surface area contributed by atoms with Gasteiger partial charge < -0.3 is 8.66 Å². The number of hydrogen-bond acceptors (Lipinski definition) is 3. The van der Waals surface area contributed by atoms with E-state index in [4.69, 9.17) is 4.43 Å². The SMILES string of the molecule is CC(CC(=O)O[Si](C)(C)C)N([Si](C)(C)C)[Si](C)(C)C. The number of rotatable bonds is 6. The molecule has 0 heterocycles. The van der Waals surface area contributed by atoms with Crippen molar-refractivity contribution in [2.45, 2.75) is 78.3 Å². The predicted octanol–water partition coefficient (Wildman–Crippen LogP) is 4.11. The normalized spacial score (nSPS) is 15.5. The summed E-state index contributed by atoms with van der Waals surface area (Å²) in [5, 5.41) is 0. The molecule has 0 aromatic heterocycles. The molecule has 0 aliphatic heterocycles. The van der Waals surface area contributed by atoms with Crippen LogP contribution < -0.4 is 0 Å². The van der Waals surface area contributed by atoms with Crippen LogP contribution in [0.25, 0.3) is 0 Å². The zero-order valence-corrected chi connectivity index (χ0v) is 17.5. The van der Waals surface area contributed by atoms with Crippen molar-refractivity contribution in [2.75, 3.05) is 0 Å². The molecule has 19 heavy (non-hydrogen) atoms. The second-order valence-electron chi connectivity index (χ2n) is 8.35. The molecule has 0 N–H and O–H groups in total. The molecule has 0 aromatic carbocycles. The monoisotopic (exact) mass is 319 g/mol. The summed E-state index contributed by atoms with van der Waals surface area (Å²) < 4.78 is 8.26. The molecule has 0 aliphatic rings. The van der Waals surface area contributed by atoms with E-state index in [9.17, 15) is 4.79 Å². The summed E-state index contributed by atoms with van der Waals surface area (Å²) in [5.41, 5.74) is 0. The number of carbonyl (C=O) groups is 1. The van der Waals surface area contributed by atoms with Crippen LogP contribution in [0.15, 0.2) is 0 Å². The van der Waals surface area contributed by atoms with Gasteiger partial charge in [-0.3, -0.25) is 4.79 Å². The highest BCUT2D eigenvalue weighted by molar-refractivity contribution is 6.89. The molecule has 0 aliphatic carbocycles. The third kappa shape index (κ3) is 7.43. The van der Waals surface area contributed by atoms with Gasteiger partial charge in [0.05, 0.1) is 6.42 Å². The van der Waals surface area contributed by atoms with Crippen LogP contribution in [-0.2, 0) is 9.22 Å². The first kappa shape index (κ1) is 19.1. The first-order valence-corrected chi connectivity index (χ1v) is 17.5. The largest absolute Gasteiger partial charge is 0.520 e. The fraction of sp³-hybridized carbons (Fsp3) is 0.923. The Morgan fingerprint density at radius 2 is 1.32 bits per heavy atom. The molecule has 0 fully saturated rings. The van der Waals surface area contributed by atoms with Crippen LogP contribution >= 0.6 is 0 Å². The molecule has 0 bridgehead atoms. The Labute approximate surface area is 123 Å². The molecular weight excluding hydrogens is 286 g/mol. The molecule has 0 radical (unpaired) electrons. The van der Waals surface area contributed by atoms with E-state index >= 15 is 0 Å². The van der Waals surface area contributed by atoms with Crippen LogP contribution in [0.3, 0.4) is 0 Å². The van der Waals surface area contributed by atoms with Crippen molar-refractivity contribution >= 4 is 30.8 Å². The Balaban J connectivity index is 4.86. The van der Waals surface area contributed by atoms with Gasteiger partial charge in [0.15, 0.2) is 0 Å². The summed E-state index contributed by atoms with van der Waals surface area (Å²) in [4.78, 5) is 12.0. The summed E-state index contributed by atoms with van der Waals surface area (Å²) in [5.74, 6) is -0.0202. The molecule has 0 aromatic rings. The van der Waals surface area contributed by atoms with E-state index in [1.807, 2.05) is 0 Å². The second-order valence-corrected chi connectivity index (χ2v) is 22.9. The van der Waals surface area contributed by atoms with Crippen molar-refractivity contribution in [3.63, 3.8) is 0 Å². The highest BCUT2D eigenvalue weighted by Crippen LogP contribution is 2.24. The lowest BCUT2D eigenvalue weighted by Gasteiger charge is -2.47. The molecule has 0 amide bonds. The average molecular weight is 320 g/mol. The third-order valence-corrected chi connectivity index (χ3v) is 11.4. The maximum Gasteiger partial charge on any atom is 0.293 e. The summed E-state index contributed by atoms with van der Waals surface area (Å²) in [6, 6.07) is 0.294. The van der Waals surface area contributed by atoms with Crippen molar-refractivity contribution in [3.8, 4) is 0 Å². The Kier molecular flexibility index (Phi) is 6.26. The molecule has 0 spiro atoms. The van der Waals surface area contributed by atoms with Crippen LogP contribution in [0, 0.1) is 0 Å². The lowest BCUT2D eigenvalue weighted by Crippen LogP contribution is -2.63. The Morgan fingerprint density at radius 3 is 1.58 bits per heavy atom. The molecule has 1 unspecified atom stereocenters. The van der Waals surface area contributed by atoms with Gasteiger partial charge in [-0.05, 0) is 19.6 Å². The van der Waals surface area contributed by atoms with Gasteiger partial charge in [-0.15, -0.1) is 0 Å². The van der Waals surface area contributed by atoms with Gasteiger partial charge in [-0.1, -0.05) is 46.2 Å². The standard InChI is InChI=1S/C13H33NO2Si3/c1-12(11-13(15)16-19(8,9)10)14(17(2,3)4)18(5,6)7/h12H,11H2,1-10H3. The van der Waals surface area contributed by atoms with E-state index in [1.54, 1.807) is 0 Å². The first-order valence-electron chi connectivity index (χ1n) is 7.16. The number of hydrogen-bond donors (Lipinski definition) is 0. The molecule has 0 saturated carbocycles. The quantitative estimate of drug-likeness (QED) is 0.690. The van der Waals surface area contributed by atoms with Crippen molar-refractivity contribution < 1.29 is 9.22 Å². The summed E-state index contributed by atoms with van der Waals surface area (Å²) in [6.45, 7) is 22.6. The first-order chi connectivity index (χ1) is 8.14. The van der Waals surface area contributed by atoms with Crippen molar-refractivity contribution in [1.82, 2.24) is 4.23 Å². The van der Waals surface area contributed by atoms with Crippen LogP contribution in [0.1, 0.15) is 13.3 Å². The van der Waals surface area contributed by atoms with E-state index in [0.717, 1.165) is 0 Å². The molecule has 3 nitrogen and oxygen atoms in total. The molecule has 1 atom stereocenters. The second kappa shape index (κ2) is 6.24. The Bertz CT molecular complexity index is 299. The van der Waals surface area contributed by atoms with Crippen LogP contribution in [-0.4, -0.2) is 41.0 Å². The van der Waals surface area contributed by atoms with Crippen LogP contribution in [0.2, 0.25) is 58.9 Å².